The summed E-state index contributed by atoms with van der Waals surface area (Å²) in [6.45, 7) is 6.99. The molecule has 0 amide bonds. The largest absolute Gasteiger partial charge is 0.386 e. The van der Waals surface area contributed by atoms with Crippen LogP contribution in [0.5, 0.6) is 0 Å². The van der Waals surface area contributed by atoms with Crippen molar-refractivity contribution in [1.29, 1.82) is 0 Å². The Morgan fingerprint density at radius 3 is 2.75 bits per heavy atom. The number of benzene rings is 1. The molecule has 5 aliphatic rings. The number of anilines is 1. The molecular weight excluding hydrogens is 485 g/mol. The van der Waals surface area contributed by atoms with Gasteiger partial charge in [-0.1, -0.05) is 18.5 Å². The summed E-state index contributed by atoms with van der Waals surface area (Å²) in [4.78, 5) is 13.8. The van der Waals surface area contributed by atoms with Gasteiger partial charge in [0.2, 0.25) is 5.95 Å². The summed E-state index contributed by atoms with van der Waals surface area (Å²) in [5.41, 5.74) is 2.62. The Kier molecular flexibility index (Phi) is 4.82. The molecule has 4 atom stereocenters. The number of aliphatic hydroxyl groups excluding tert-OH is 1. The SMILES string of the molecule is CC(C)n1c(C23CC(C)(C2)C3)nc2c(F)cc(-c3nc(NC4C[C@H]5CO[C@H](O5)[C@H]4O)ncc3Cl)cc21. The molecule has 190 valence electrons. The first kappa shape index (κ1) is 22.8. The summed E-state index contributed by atoms with van der Waals surface area (Å²) in [6, 6.07) is 3.18. The van der Waals surface area contributed by atoms with Crippen molar-refractivity contribution >= 4 is 28.6 Å². The van der Waals surface area contributed by atoms with Gasteiger partial charge in [0.25, 0.3) is 0 Å². The molecule has 5 fully saturated rings. The summed E-state index contributed by atoms with van der Waals surface area (Å²) in [5, 5.41) is 14.1. The van der Waals surface area contributed by atoms with Crippen molar-refractivity contribution in [3.05, 3.63) is 35.0 Å². The van der Waals surface area contributed by atoms with Crippen LogP contribution in [0, 0.1) is 11.2 Å². The minimum absolute atomic E-state index is 0.0714. The molecule has 1 aromatic carbocycles. The summed E-state index contributed by atoms with van der Waals surface area (Å²) >= 11 is 6.51. The number of ether oxygens (including phenoxy) is 2. The molecule has 3 saturated carbocycles. The fraction of sp³-hybridized carbons (Fsp3) is 0.577. The molecule has 3 aliphatic carbocycles. The van der Waals surface area contributed by atoms with Gasteiger partial charge in [-0.05, 0) is 57.1 Å². The fourth-order valence-electron chi connectivity index (χ4n) is 7.05. The van der Waals surface area contributed by atoms with Gasteiger partial charge in [0.15, 0.2) is 12.1 Å². The van der Waals surface area contributed by atoms with E-state index in [4.69, 9.17) is 26.1 Å². The number of hydrogen-bond donors (Lipinski definition) is 2. The monoisotopic (exact) mass is 513 g/mol. The van der Waals surface area contributed by atoms with E-state index in [2.05, 4.69) is 40.6 Å². The van der Waals surface area contributed by atoms with Gasteiger partial charge in [0.05, 0.1) is 41.2 Å². The van der Waals surface area contributed by atoms with Crippen molar-refractivity contribution in [1.82, 2.24) is 19.5 Å². The topological polar surface area (TPSA) is 94.3 Å². The molecule has 0 radical (unpaired) electrons. The molecule has 4 heterocycles. The maximum Gasteiger partial charge on any atom is 0.223 e. The number of nitrogens with one attached hydrogen (secondary N) is 1. The van der Waals surface area contributed by atoms with E-state index < -0.39 is 18.2 Å². The van der Waals surface area contributed by atoms with Crippen molar-refractivity contribution in [2.45, 2.75) is 82.5 Å². The number of halogens is 2. The molecule has 2 aromatic heterocycles. The lowest BCUT2D eigenvalue weighted by atomic mass is 9.35. The molecular formula is C26H29ClFN5O3. The third-order valence-electron chi connectivity index (χ3n) is 8.35. The number of aliphatic hydroxyl groups is 1. The summed E-state index contributed by atoms with van der Waals surface area (Å²) in [6.07, 6.45) is 3.83. The molecule has 36 heavy (non-hydrogen) atoms. The van der Waals surface area contributed by atoms with E-state index in [0.29, 0.717) is 46.2 Å². The van der Waals surface area contributed by atoms with Crippen LogP contribution < -0.4 is 5.32 Å². The van der Waals surface area contributed by atoms with Crippen molar-refractivity contribution in [2.24, 2.45) is 5.41 Å². The Balaban J connectivity index is 1.27. The lowest BCUT2D eigenvalue weighted by Gasteiger charge is -2.69. The van der Waals surface area contributed by atoms with E-state index in [1.54, 1.807) is 0 Å². The van der Waals surface area contributed by atoms with Gasteiger partial charge >= 0.3 is 0 Å². The van der Waals surface area contributed by atoms with Gasteiger partial charge in [0, 0.05) is 17.0 Å². The van der Waals surface area contributed by atoms with Gasteiger partial charge < -0.3 is 24.5 Å². The minimum Gasteiger partial charge on any atom is -0.386 e. The van der Waals surface area contributed by atoms with E-state index in [-0.39, 0.29) is 23.6 Å². The van der Waals surface area contributed by atoms with Gasteiger partial charge in [-0.15, -0.1) is 0 Å². The van der Waals surface area contributed by atoms with Crippen molar-refractivity contribution < 1.29 is 19.0 Å². The zero-order chi connectivity index (χ0) is 25.0. The summed E-state index contributed by atoms with van der Waals surface area (Å²) in [5.74, 6) is 0.910. The highest BCUT2D eigenvalue weighted by molar-refractivity contribution is 6.33. The number of aromatic nitrogens is 4. The average molecular weight is 514 g/mol. The number of hydrogen-bond acceptors (Lipinski definition) is 7. The van der Waals surface area contributed by atoms with Crippen LogP contribution in [0.25, 0.3) is 22.3 Å². The van der Waals surface area contributed by atoms with Gasteiger partial charge in [-0.2, -0.15) is 0 Å². The van der Waals surface area contributed by atoms with Gasteiger partial charge in [-0.3, -0.25) is 0 Å². The van der Waals surface area contributed by atoms with Crippen LogP contribution in [-0.4, -0.2) is 55.8 Å². The van der Waals surface area contributed by atoms with Crippen molar-refractivity contribution in [3.8, 4) is 11.3 Å². The molecule has 8 rings (SSSR count). The third kappa shape index (κ3) is 3.25. The maximum atomic E-state index is 15.5. The second kappa shape index (κ2) is 7.60. The van der Waals surface area contributed by atoms with Crippen molar-refractivity contribution in [2.75, 3.05) is 11.9 Å². The van der Waals surface area contributed by atoms with E-state index in [9.17, 15) is 5.11 Å². The minimum atomic E-state index is -0.849. The second-order valence-electron chi connectivity index (χ2n) is 11.7. The van der Waals surface area contributed by atoms with E-state index in [0.717, 1.165) is 30.6 Å². The molecule has 2 aliphatic heterocycles. The lowest BCUT2D eigenvalue weighted by molar-refractivity contribution is -0.156. The average Bonchev–Trinajstić information content (AvgIpc) is 3.38. The van der Waals surface area contributed by atoms with Crippen molar-refractivity contribution in [3.63, 3.8) is 0 Å². The first-order chi connectivity index (χ1) is 17.1. The molecule has 10 heteroatoms. The normalized spacial score (nSPS) is 34.6. The Hall–Kier alpha value is -2.33. The number of rotatable bonds is 5. The summed E-state index contributed by atoms with van der Waals surface area (Å²) < 4.78 is 28.8. The van der Waals surface area contributed by atoms with E-state index in [1.165, 1.54) is 12.3 Å². The Morgan fingerprint density at radius 2 is 2.03 bits per heavy atom. The first-order valence-corrected chi connectivity index (χ1v) is 13.0. The van der Waals surface area contributed by atoms with Crippen LogP contribution in [0.1, 0.15) is 58.3 Å². The highest BCUT2D eigenvalue weighted by Gasteiger charge is 2.67. The van der Waals surface area contributed by atoms with E-state index in [1.807, 2.05) is 6.07 Å². The predicted molar refractivity (Wildman–Crippen MR) is 132 cm³/mol. The Labute approximate surface area is 213 Å². The predicted octanol–water partition coefficient (Wildman–Crippen LogP) is 4.59. The van der Waals surface area contributed by atoms with Gasteiger partial charge in [-0.25, -0.2) is 19.3 Å². The van der Waals surface area contributed by atoms with Crippen LogP contribution in [0.4, 0.5) is 10.3 Å². The quantitative estimate of drug-likeness (QED) is 0.515. The number of nitrogens with zero attached hydrogens (tertiary/aromatic N) is 4. The Bertz CT molecular complexity index is 1370. The molecule has 0 spiro atoms. The number of fused-ring (bicyclic) bond motifs is 3. The van der Waals surface area contributed by atoms with E-state index >= 15 is 4.39 Å². The lowest BCUT2D eigenvalue weighted by Crippen LogP contribution is -2.63. The van der Waals surface area contributed by atoms with Crippen LogP contribution in [0.15, 0.2) is 18.3 Å². The standard InChI is InChI=1S/C26H29ClFN5O3/c1-12(2)33-18-5-13(4-16(28)20(18)31-23(33)26-9-25(3,10-26)11-26)19-15(27)7-29-24(32-19)30-17-6-14-8-35-22(36-14)21(17)34/h4-5,7,12,14,17,21-22,34H,6,8-11H2,1-3H3,(H,29,30,32)/t14-,17?,21-,22+,25?,26?/m0/s1. The zero-order valence-electron chi connectivity index (χ0n) is 20.5. The zero-order valence-corrected chi connectivity index (χ0v) is 21.2. The van der Waals surface area contributed by atoms with Crippen LogP contribution in [0.2, 0.25) is 5.02 Å². The molecule has 3 aromatic rings. The highest BCUT2D eigenvalue weighted by atomic mass is 35.5. The highest BCUT2D eigenvalue weighted by Crippen LogP contribution is 2.73. The Morgan fingerprint density at radius 1 is 1.25 bits per heavy atom. The first-order valence-electron chi connectivity index (χ1n) is 12.6. The fourth-order valence-corrected chi connectivity index (χ4v) is 7.25. The molecule has 1 unspecified atom stereocenters. The molecule has 2 saturated heterocycles. The second-order valence-corrected chi connectivity index (χ2v) is 12.1. The molecule has 2 N–H and O–H groups in total. The third-order valence-corrected chi connectivity index (χ3v) is 8.62. The number of imidazole rings is 1. The molecule has 8 nitrogen and oxygen atoms in total. The maximum absolute atomic E-state index is 15.5. The smallest absolute Gasteiger partial charge is 0.223 e. The van der Waals surface area contributed by atoms with Crippen LogP contribution in [-0.2, 0) is 14.9 Å². The van der Waals surface area contributed by atoms with Crippen LogP contribution in [0.3, 0.4) is 0 Å². The summed E-state index contributed by atoms with van der Waals surface area (Å²) in [7, 11) is 0. The van der Waals surface area contributed by atoms with Crippen LogP contribution >= 0.6 is 11.6 Å². The molecule has 4 bridgehead atoms. The van der Waals surface area contributed by atoms with Gasteiger partial charge in [0.1, 0.15) is 17.4 Å².